The van der Waals surface area contributed by atoms with Gasteiger partial charge in [0.2, 0.25) is 0 Å². The Balaban J connectivity index is 2.11. The smallest absolute Gasteiger partial charge is 0.168 e. The zero-order valence-corrected chi connectivity index (χ0v) is 11.4. The normalized spacial score (nSPS) is 12.4. The number of hydrogen-bond donors (Lipinski definition) is 0. The fourth-order valence-corrected chi connectivity index (χ4v) is 1.84. The standard InChI is InChI=1S/C15H16F2N2O/c1-3-10(2)19-7-6-12(18-19)9-15(20)11-4-5-13(16)14(17)8-11/h4-8,10H,3,9H2,1-2H3. The molecule has 1 unspecified atom stereocenters. The molecule has 0 aliphatic heterocycles. The summed E-state index contributed by atoms with van der Waals surface area (Å²) in [4.78, 5) is 12.0. The first-order valence-electron chi connectivity index (χ1n) is 6.53. The highest BCUT2D eigenvalue weighted by Crippen LogP contribution is 2.13. The number of rotatable bonds is 5. The minimum atomic E-state index is -1.01. The van der Waals surface area contributed by atoms with Crippen LogP contribution in [-0.4, -0.2) is 15.6 Å². The summed E-state index contributed by atoms with van der Waals surface area (Å²) in [5.41, 5.74) is 0.780. The summed E-state index contributed by atoms with van der Waals surface area (Å²) in [6.45, 7) is 4.09. The summed E-state index contributed by atoms with van der Waals surface area (Å²) in [5, 5.41) is 4.31. The minimum absolute atomic E-state index is 0.0779. The van der Waals surface area contributed by atoms with Crippen molar-refractivity contribution in [2.75, 3.05) is 0 Å². The molecule has 5 heteroatoms. The van der Waals surface area contributed by atoms with Crippen LogP contribution in [0.5, 0.6) is 0 Å². The summed E-state index contributed by atoms with van der Waals surface area (Å²) in [6, 6.07) is 5.20. The van der Waals surface area contributed by atoms with Gasteiger partial charge in [-0.3, -0.25) is 9.48 Å². The van der Waals surface area contributed by atoms with E-state index in [0.29, 0.717) is 5.69 Å². The lowest BCUT2D eigenvalue weighted by Gasteiger charge is -2.08. The van der Waals surface area contributed by atoms with E-state index < -0.39 is 11.6 Å². The summed E-state index contributed by atoms with van der Waals surface area (Å²) in [6.07, 6.45) is 2.84. The fraction of sp³-hybridized carbons (Fsp3) is 0.333. The molecule has 2 rings (SSSR count). The lowest BCUT2D eigenvalue weighted by Crippen LogP contribution is -2.08. The van der Waals surface area contributed by atoms with Gasteiger partial charge in [-0.15, -0.1) is 0 Å². The molecule has 20 heavy (non-hydrogen) atoms. The second-order valence-corrected chi connectivity index (χ2v) is 4.77. The van der Waals surface area contributed by atoms with E-state index in [0.717, 1.165) is 18.6 Å². The van der Waals surface area contributed by atoms with Gasteiger partial charge in [-0.1, -0.05) is 6.92 Å². The van der Waals surface area contributed by atoms with Crippen molar-refractivity contribution in [3.63, 3.8) is 0 Å². The molecule has 0 aliphatic rings. The van der Waals surface area contributed by atoms with Crippen LogP contribution in [0.3, 0.4) is 0 Å². The van der Waals surface area contributed by atoms with Gasteiger partial charge in [0.15, 0.2) is 17.4 Å². The predicted molar refractivity (Wildman–Crippen MR) is 71.6 cm³/mol. The molecule has 0 amide bonds. The third-order valence-electron chi connectivity index (χ3n) is 3.29. The van der Waals surface area contributed by atoms with Crippen molar-refractivity contribution in [1.82, 2.24) is 9.78 Å². The first-order chi connectivity index (χ1) is 9.51. The van der Waals surface area contributed by atoms with E-state index in [1.54, 1.807) is 10.7 Å². The van der Waals surface area contributed by atoms with Crippen molar-refractivity contribution in [2.45, 2.75) is 32.7 Å². The van der Waals surface area contributed by atoms with E-state index in [2.05, 4.69) is 12.0 Å². The molecule has 2 aromatic rings. The summed E-state index contributed by atoms with van der Waals surface area (Å²) < 4.78 is 27.7. The Kier molecular flexibility index (Phi) is 4.27. The van der Waals surface area contributed by atoms with Gasteiger partial charge >= 0.3 is 0 Å². The zero-order chi connectivity index (χ0) is 14.7. The van der Waals surface area contributed by atoms with Crippen LogP contribution in [0.4, 0.5) is 8.78 Å². The van der Waals surface area contributed by atoms with Gasteiger partial charge in [-0.05, 0) is 37.6 Å². The number of ketones is 1. The van der Waals surface area contributed by atoms with Crippen molar-refractivity contribution in [2.24, 2.45) is 0 Å². The van der Waals surface area contributed by atoms with Crippen LogP contribution in [0.15, 0.2) is 30.5 Å². The van der Waals surface area contributed by atoms with Gasteiger partial charge < -0.3 is 0 Å². The number of halogens is 2. The first kappa shape index (κ1) is 14.4. The van der Waals surface area contributed by atoms with Crippen LogP contribution in [0.25, 0.3) is 0 Å². The summed E-state index contributed by atoms with van der Waals surface area (Å²) >= 11 is 0. The Bertz CT molecular complexity index is 622. The molecule has 0 N–H and O–H groups in total. The number of benzene rings is 1. The molecule has 0 saturated heterocycles. The highest BCUT2D eigenvalue weighted by molar-refractivity contribution is 5.97. The Hall–Kier alpha value is -2.04. The zero-order valence-electron chi connectivity index (χ0n) is 11.4. The second kappa shape index (κ2) is 5.94. The number of Topliss-reactive ketones (excluding diaryl/α,β-unsaturated/α-hetero) is 1. The van der Waals surface area contributed by atoms with Crippen molar-refractivity contribution in [3.05, 3.63) is 53.4 Å². The molecule has 1 aromatic heterocycles. The van der Waals surface area contributed by atoms with Crippen LogP contribution < -0.4 is 0 Å². The molecule has 106 valence electrons. The topological polar surface area (TPSA) is 34.9 Å². The third-order valence-corrected chi connectivity index (χ3v) is 3.29. The van der Waals surface area contributed by atoms with Gasteiger partial charge in [-0.2, -0.15) is 5.10 Å². The van der Waals surface area contributed by atoms with Gasteiger partial charge in [0.25, 0.3) is 0 Å². The lowest BCUT2D eigenvalue weighted by molar-refractivity contribution is 0.0991. The maximum atomic E-state index is 13.1. The molecule has 0 spiro atoms. The van der Waals surface area contributed by atoms with Gasteiger partial charge in [0.05, 0.1) is 12.1 Å². The molecule has 1 atom stereocenters. The molecule has 1 heterocycles. The molecule has 0 aliphatic carbocycles. The molecule has 3 nitrogen and oxygen atoms in total. The Morgan fingerprint density at radius 3 is 2.70 bits per heavy atom. The second-order valence-electron chi connectivity index (χ2n) is 4.77. The van der Waals surface area contributed by atoms with Gasteiger partial charge in [-0.25, -0.2) is 8.78 Å². The van der Waals surface area contributed by atoms with Crippen LogP contribution in [-0.2, 0) is 6.42 Å². The third kappa shape index (κ3) is 3.10. The Morgan fingerprint density at radius 2 is 2.05 bits per heavy atom. The average Bonchev–Trinajstić information content (AvgIpc) is 2.89. The monoisotopic (exact) mass is 278 g/mol. The van der Waals surface area contributed by atoms with Crippen molar-refractivity contribution in [1.29, 1.82) is 0 Å². The van der Waals surface area contributed by atoms with E-state index >= 15 is 0 Å². The molecule has 1 aromatic carbocycles. The van der Waals surface area contributed by atoms with Crippen molar-refractivity contribution >= 4 is 5.78 Å². The van der Waals surface area contributed by atoms with E-state index in [9.17, 15) is 13.6 Å². The van der Waals surface area contributed by atoms with E-state index in [4.69, 9.17) is 0 Å². The van der Waals surface area contributed by atoms with Crippen LogP contribution in [0, 0.1) is 11.6 Å². The number of carbonyl (C=O) groups excluding carboxylic acids is 1. The SMILES string of the molecule is CCC(C)n1ccc(CC(=O)c2ccc(F)c(F)c2)n1. The number of hydrogen-bond acceptors (Lipinski definition) is 2. The van der Waals surface area contributed by atoms with E-state index in [-0.39, 0.29) is 23.8 Å². The lowest BCUT2D eigenvalue weighted by atomic mass is 10.1. The summed E-state index contributed by atoms with van der Waals surface area (Å²) in [5.74, 6) is -2.25. The molecule has 0 fully saturated rings. The largest absolute Gasteiger partial charge is 0.294 e. The molecule has 0 radical (unpaired) electrons. The molecular weight excluding hydrogens is 262 g/mol. The minimum Gasteiger partial charge on any atom is -0.294 e. The van der Waals surface area contributed by atoms with Crippen LogP contribution in [0.2, 0.25) is 0 Å². The molecular formula is C15H16F2N2O. The predicted octanol–water partition coefficient (Wildman–Crippen LogP) is 3.56. The highest BCUT2D eigenvalue weighted by Gasteiger charge is 2.13. The van der Waals surface area contributed by atoms with Gasteiger partial charge in [0, 0.05) is 17.8 Å². The molecule has 0 bridgehead atoms. The molecule has 0 saturated carbocycles. The van der Waals surface area contributed by atoms with E-state index in [1.165, 1.54) is 6.07 Å². The Morgan fingerprint density at radius 1 is 1.30 bits per heavy atom. The first-order valence-corrected chi connectivity index (χ1v) is 6.53. The maximum Gasteiger partial charge on any atom is 0.168 e. The maximum absolute atomic E-state index is 13.1. The number of aromatic nitrogens is 2. The van der Waals surface area contributed by atoms with Gasteiger partial charge in [0.1, 0.15) is 0 Å². The Labute approximate surface area is 116 Å². The number of carbonyl (C=O) groups is 1. The van der Waals surface area contributed by atoms with Crippen LogP contribution in [0.1, 0.15) is 42.4 Å². The average molecular weight is 278 g/mol. The van der Waals surface area contributed by atoms with Crippen molar-refractivity contribution in [3.8, 4) is 0 Å². The summed E-state index contributed by atoms with van der Waals surface area (Å²) in [7, 11) is 0. The quantitative estimate of drug-likeness (QED) is 0.784. The number of nitrogens with zero attached hydrogens (tertiary/aromatic N) is 2. The van der Waals surface area contributed by atoms with E-state index in [1.807, 2.05) is 13.1 Å². The fourth-order valence-electron chi connectivity index (χ4n) is 1.84. The van der Waals surface area contributed by atoms with Crippen LogP contribution >= 0.6 is 0 Å². The highest BCUT2D eigenvalue weighted by atomic mass is 19.2. The van der Waals surface area contributed by atoms with Crippen molar-refractivity contribution < 1.29 is 13.6 Å².